The molecule has 5 heteroatoms. The van der Waals surface area contributed by atoms with Gasteiger partial charge in [0.25, 0.3) is 0 Å². The summed E-state index contributed by atoms with van der Waals surface area (Å²) < 4.78 is 0.992. The lowest BCUT2D eigenvalue weighted by Crippen LogP contribution is -2.21. The molecule has 0 saturated carbocycles. The SMILES string of the molecule is CNC(Cc1cnccc1N)c1ncccc1Br. The van der Waals surface area contributed by atoms with E-state index < -0.39 is 0 Å². The fraction of sp³-hybridized carbons (Fsp3) is 0.231. The van der Waals surface area contributed by atoms with Crippen LogP contribution in [-0.2, 0) is 6.42 Å². The summed E-state index contributed by atoms with van der Waals surface area (Å²) in [4.78, 5) is 8.51. The number of halogens is 1. The molecular formula is C13H15BrN4. The summed E-state index contributed by atoms with van der Waals surface area (Å²) in [5, 5.41) is 3.26. The van der Waals surface area contributed by atoms with Gasteiger partial charge in [-0.1, -0.05) is 0 Å². The van der Waals surface area contributed by atoms with Gasteiger partial charge in [-0.25, -0.2) is 0 Å². The molecule has 1 atom stereocenters. The number of nitrogens with zero attached hydrogens (tertiary/aromatic N) is 2. The van der Waals surface area contributed by atoms with E-state index >= 15 is 0 Å². The first-order valence-corrected chi connectivity index (χ1v) is 6.47. The zero-order chi connectivity index (χ0) is 13.0. The minimum Gasteiger partial charge on any atom is -0.398 e. The first-order valence-electron chi connectivity index (χ1n) is 5.68. The van der Waals surface area contributed by atoms with Gasteiger partial charge in [0, 0.05) is 28.8 Å². The molecule has 18 heavy (non-hydrogen) atoms. The highest BCUT2D eigenvalue weighted by molar-refractivity contribution is 9.10. The number of anilines is 1. The number of hydrogen-bond donors (Lipinski definition) is 2. The molecule has 4 nitrogen and oxygen atoms in total. The molecule has 0 amide bonds. The second-order valence-electron chi connectivity index (χ2n) is 3.99. The Bertz CT molecular complexity index is 530. The Morgan fingerprint density at radius 1 is 1.39 bits per heavy atom. The van der Waals surface area contributed by atoms with Crippen LogP contribution in [0.3, 0.4) is 0 Å². The minimum atomic E-state index is 0.104. The molecule has 0 aromatic carbocycles. The Morgan fingerprint density at radius 2 is 2.22 bits per heavy atom. The number of nitrogen functional groups attached to an aromatic ring is 1. The topological polar surface area (TPSA) is 63.8 Å². The largest absolute Gasteiger partial charge is 0.398 e. The Hall–Kier alpha value is -1.46. The second kappa shape index (κ2) is 5.93. The quantitative estimate of drug-likeness (QED) is 0.910. The number of nitrogens with one attached hydrogen (secondary N) is 1. The molecule has 1 unspecified atom stereocenters. The van der Waals surface area contributed by atoms with Gasteiger partial charge in [-0.05, 0) is 53.2 Å². The first-order chi connectivity index (χ1) is 8.72. The summed E-state index contributed by atoms with van der Waals surface area (Å²) in [6, 6.07) is 5.81. The highest BCUT2D eigenvalue weighted by atomic mass is 79.9. The van der Waals surface area contributed by atoms with E-state index in [0.717, 1.165) is 27.8 Å². The molecule has 0 saturated heterocycles. The van der Waals surface area contributed by atoms with E-state index in [4.69, 9.17) is 5.73 Å². The summed E-state index contributed by atoms with van der Waals surface area (Å²) in [6.07, 6.45) is 6.04. The zero-order valence-corrected chi connectivity index (χ0v) is 11.7. The lowest BCUT2D eigenvalue weighted by molar-refractivity contribution is 0.573. The second-order valence-corrected chi connectivity index (χ2v) is 4.84. The van der Waals surface area contributed by atoms with Crippen LogP contribution >= 0.6 is 15.9 Å². The summed E-state index contributed by atoms with van der Waals surface area (Å²) in [7, 11) is 1.92. The summed E-state index contributed by atoms with van der Waals surface area (Å²) in [5.41, 5.74) is 8.70. The van der Waals surface area contributed by atoms with Crippen molar-refractivity contribution in [2.75, 3.05) is 12.8 Å². The minimum absolute atomic E-state index is 0.104. The molecule has 0 fully saturated rings. The highest BCUT2D eigenvalue weighted by Crippen LogP contribution is 2.25. The Kier molecular flexibility index (Phi) is 4.28. The smallest absolute Gasteiger partial charge is 0.0718 e. The van der Waals surface area contributed by atoms with Crippen LogP contribution in [0.2, 0.25) is 0 Å². The van der Waals surface area contributed by atoms with Gasteiger partial charge in [0.15, 0.2) is 0 Å². The van der Waals surface area contributed by atoms with Crippen LogP contribution < -0.4 is 11.1 Å². The fourth-order valence-electron chi connectivity index (χ4n) is 1.82. The van der Waals surface area contributed by atoms with Crippen molar-refractivity contribution in [1.82, 2.24) is 15.3 Å². The van der Waals surface area contributed by atoms with E-state index in [-0.39, 0.29) is 6.04 Å². The first kappa shape index (κ1) is 13.0. The average Bonchev–Trinajstić information content (AvgIpc) is 2.39. The number of aromatic nitrogens is 2. The van der Waals surface area contributed by atoms with Crippen LogP contribution in [0, 0.1) is 0 Å². The maximum absolute atomic E-state index is 5.94. The maximum Gasteiger partial charge on any atom is 0.0718 e. The van der Waals surface area contributed by atoms with Crippen molar-refractivity contribution < 1.29 is 0 Å². The number of rotatable bonds is 4. The lowest BCUT2D eigenvalue weighted by Gasteiger charge is -2.17. The van der Waals surface area contributed by atoms with Crippen molar-refractivity contribution >= 4 is 21.6 Å². The van der Waals surface area contributed by atoms with Crippen LogP contribution in [0.1, 0.15) is 17.3 Å². The molecule has 0 spiro atoms. The molecule has 0 radical (unpaired) electrons. The number of nitrogens with two attached hydrogens (primary N) is 1. The van der Waals surface area contributed by atoms with Crippen molar-refractivity contribution in [2.45, 2.75) is 12.5 Å². The third kappa shape index (κ3) is 2.86. The standard InChI is InChI=1S/C13H15BrN4/c1-16-12(13-10(14)3-2-5-18-13)7-9-8-17-6-4-11(9)15/h2-6,8,12,16H,7H2,1H3,(H2,15,17). The molecule has 0 aliphatic rings. The third-order valence-corrected chi connectivity index (χ3v) is 3.50. The number of pyridine rings is 2. The Balaban J connectivity index is 2.26. The summed E-state index contributed by atoms with van der Waals surface area (Å²) in [6.45, 7) is 0. The molecular weight excluding hydrogens is 292 g/mol. The van der Waals surface area contributed by atoms with Crippen molar-refractivity contribution in [2.24, 2.45) is 0 Å². The predicted octanol–water partition coefficient (Wildman–Crippen LogP) is 2.32. The number of hydrogen-bond acceptors (Lipinski definition) is 4. The molecule has 0 aliphatic heterocycles. The molecule has 2 aromatic heterocycles. The van der Waals surface area contributed by atoms with E-state index in [1.165, 1.54) is 0 Å². The van der Waals surface area contributed by atoms with Crippen molar-refractivity contribution in [3.8, 4) is 0 Å². The molecule has 0 bridgehead atoms. The number of likely N-dealkylation sites (N-methyl/N-ethyl adjacent to an activating group) is 1. The van der Waals surface area contributed by atoms with Gasteiger partial charge in [-0.15, -0.1) is 0 Å². The summed E-state index contributed by atoms with van der Waals surface area (Å²) in [5.74, 6) is 0. The fourth-order valence-corrected chi connectivity index (χ4v) is 2.35. The van der Waals surface area contributed by atoms with E-state index in [9.17, 15) is 0 Å². The van der Waals surface area contributed by atoms with Gasteiger partial charge < -0.3 is 11.1 Å². The van der Waals surface area contributed by atoms with Crippen LogP contribution in [0.5, 0.6) is 0 Å². The zero-order valence-electron chi connectivity index (χ0n) is 10.1. The van der Waals surface area contributed by atoms with Gasteiger partial charge in [-0.3, -0.25) is 9.97 Å². The van der Waals surface area contributed by atoms with Crippen molar-refractivity contribution in [1.29, 1.82) is 0 Å². The van der Waals surface area contributed by atoms with E-state index in [2.05, 4.69) is 31.2 Å². The van der Waals surface area contributed by atoms with Gasteiger partial charge in [-0.2, -0.15) is 0 Å². The van der Waals surface area contributed by atoms with E-state index in [1.807, 2.05) is 25.2 Å². The molecule has 2 rings (SSSR count). The third-order valence-electron chi connectivity index (χ3n) is 2.83. The average molecular weight is 307 g/mol. The molecule has 3 N–H and O–H groups in total. The molecule has 0 aliphatic carbocycles. The molecule has 2 aromatic rings. The lowest BCUT2D eigenvalue weighted by atomic mass is 10.0. The van der Waals surface area contributed by atoms with Gasteiger partial charge in [0.05, 0.1) is 11.7 Å². The van der Waals surface area contributed by atoms with Gasteiger partial charge in [0.1, 0.15) is 0 Å². The van der Waals surface area contributed by atoms with Crippen LogP contribution in [-0.4, -0.2) is 17.0 Å². The van der Waals surface area contributed by atoms with Gasteiger partial charge >= 0.3 is 0 Å². The Labute approximate surface area is 115 Å². The van der Waals surface area contributed by atoms with Crippen molar-refractivity contribution in [3.05, 3.63) is 52.5 Å². The van der Waals surface area contributed by atoms with Crippen LogP contribution in [0.15, 0.2) is 41.3 Å². The normalized spacial score (nSPS) is 12.3. The van der Waals surface area contributed by atoms with E-state index in [0.29, 0.717) is 0 Å². The monoisotopic (exact) mass is 306 g/mol. The molecule has 94 valence electrons. The van der Waals surface area contributed by atoms with Crippen LogP contribution in [0.4, 0.5) is 5.69 Å². The molecule has 2 heterocycles. The maximum atomic E-state index is 5.94. The van der Waals surface area contributed by atoms with Gasteiger partial charge in [0.2, 0.25) is 0 Å². The highest BCUT2D eigenvalue weighted by Gasteiger charge is 2.15. The van der Waals surface area contributed by atoms with Crippen molar-refractivity contribution in [3.63, 3.8) is 0 Å². The summed E-state index contributed by atoms with van der Waals surface area (Å²) >= 11 is 3.52. The van der Waals surface area contributed by atoms with Crippen LogP contribution in [0.25, 0.3) is 0 Å². The predicted molar refractivity (Wildman–Crippen MR) is 76.1 cm³/mol. The Morgan fingerprint density at radius 3 is 2.89 bits per heavy atom. The van der Waals surface area contributed by atoms with E-state index in [1.54, 1.807) is 18.6 Å².